The lowest BCUT2D eigenvalue weighted by Crippen LogP contribution is -2.54. The number of rotatable bonds is 1. The Kier molecular flexibility index (Phi) is 3.77. The summed E-state index contributed by atoms with van der Waals surface area (Å²) < 4.78 is 129. The largest absolute Gasteiger partial charge is 0.438 e. The quantitative estimate of drug-likeness (QED) is 0.631. The molecule has 0 aromatic heterocycles. The van der Waals surface area contributed by atoms with E-state index in [2.05, 4.69) is 0 Å². The van der Waals surface area contributed by atoms with Crippen LogP contribution in [0.2, 0.25) is 0 Å². The Balaban J connectivity index is 5.78. The van der Waals surface area contributed by atoms with E-state index in [1.54, 1.807) is 0 Å². The summed E-state index contributed by atoms with van der Waals surface area (Å²) in [5.74, 6) is -4.02. The van der Waals surface area contributed by atoms with Gasteiger partial charge in [-0.25, -0.2) is 8.78 Å². The zero-order valence-corrected chi connectivity index (χ0v) is 7.23. The molecule has 0 nitrogen and oxygen atoms in total. The van der Waals surface area contributed by atoms with E-state index in [-0.39, 0.29) is 0 Å². The van der Waals surface area contributed by atoms with Crippen molar-refractivity contribution in [1.82, 2.24) is 0 Å². The number of alkyl halides is 10. The first-order valence-corrected chi connectivity index (χ1v) is 3.41. The highest BCUT2D eigenvalue weighted by molar-refractivity contribution is 5.19. The predicted molar refractivity (Wildman–Crippen MR) is 31.2 cm³/mol. The molecule has 0 radical (unpaired) electrons. The molecule has 0 aliphatic heterocycles. The zero-order chi connectivity index (χ0) is 14.3. The van der Waals surface area contributed by atoms with E-state index in [1.807, 2.05) is 0 Å². The fraction of sp³-hybridized carbons (Fsp3) is 0.667. The highest BCUT2D eigenvalue weighted by Crippen LogP contribution is 2.51. The van der Waals surface area contributed by atoms with Crippen LogP contribution >= 0.6 is 0 Å². The van der Waals surface area contributed by atoms with Crippen LogP contribution in [0.5, 0.6) is 0 Å². The van der Waals surface area contributed by atoms with Crippen molar-refractivity contribution in [3.8, 4) is 0 Å². The van der Waals surface area contributed by atoms with Crippen molar-refractivity contribution in [2.45, 2.75) is 24.2 Å². The number of hydrogen-bond donors (Lipinski definition) is 0. The van der Waals surface area contributed by atoms with Gasteiger partial charge in [0.2, 0.25) is 0 Å². The van der Waals surface area contributed by atoms with E-state index in [1.165, 1.54) is 0 Å². The van der Waals surface area contributed by atoms with E-state index in [9.17, 15) is 48.3 Å². The van der Waals surface area contributed by atoms with Crippen LogP contribution in [0.3, 0.4) is 0 Å². The maximum atomic E-state index is 12.5. The maximum absolute atomic E-state index is 12.5. The summed E-state index contributed by atoms with van der Waals surface area (Å²) in [4.78, 5) is 0. The van der Waals surface area contributed by atoms with E-state index in [0.29, 0.717) is 0 Å². The Hall–Kier alpha value is -1.03. The van der Waals surface area contributed by atoms with Crippen LogP contribution in [-0.4, -0.2) is 24.2 Å². The second-order valence-electron chi connectivity index (χ2n) is 2.69. The van der Waals surface area contributed by atoms with Crippen molar-refractivity contribution in [2.75, 3.05) is 0 Å². The SMILES string of the molecule is F/C(=C/C(F)(F)F)C(F)(C(F)(F)F)C(F)(F)F. The van der Waals surface area contributed by atoms with Gasteiger partial charge in [-0.3, -0.25) is 0 Å². The maximum Gasteiger partial charge on any atom is 0.438 e. The van der Waals surface area contributed by atoms with Gasteiger partial charge in [-0.1, -0.05) is 0 Å². The fourth-order valence-electron chi connectivity index (χ4n) is 0.675. The normalized spacial score (nSPS) is 16.3. The van der Waals surface area contributed by atoms with Crippen LogP contribution in [0, 0.1) is 0 Å². The molecule has 17 heavy (non-hydrogen) atoms. The first-order chi connectivity index (χ1) is 7.13. The second kappa shape index (κ2) is 4.02. The highest BCUT2D eigenvalue weighted by Gasteiger charge is 2.76. The molecule has 0 saturated carbocycles. The predicted octanol–water partition coefficient (Wildman–Crippen LogP) is 4.24. The third kappa shape index (κ3) is 3.22. The highest BCUT2D eigenvalue weighted by atomic mass is 19.4. The van der Waals surface area contributed by atoms with Gasteiger partial charge < -0.3 is 0 Å². The molecule has 0 saturated heterocycles. The molecule has 0 aromatic carbocycles. The van der Waals surface area contributed by atoms with Crippen molar-refractivity contribution in [3.63, 3.8) is 0 Å². The molecule has 11 heteroatoms. The summed E-state index contributed by atoms with van der Waals surface area (Å²) in [5.41, 5.74) is -6.68. The van der Waals surface area contributed by atoms with Gasteiger partial charge in [0.15, 0.2) is 5.83 Å². The van der Waals surface area contributed by atoms with E-state index >= 15 is 0 Å². The van der Waals surface area contributed by atoms with Crippen LogP contribution < -0.4 is 0 Å². The smallest absolute Gasteiger partial charge is 0.215 e. The summed E-state index contributed by atoms with van der Waals surface area (Å²) in [5, 5.41) is 0. The van der Waals surface area contributed by atoms with E-state index < -0.39 is 36.1 Å². The summed E-state index contributed by atoms with van der Waals surface area (Å²) in [6.07, 6.45) is -21.7. The van der Waals surface area contributed by atoms with Gasteiger partial charge in [-0.2, -0.15) is 39.5 Å². The molecule has 0 unspecified atom stereocenters. The van der Waals surface area contributed by atoms with Crippen LogP contribution in [0.1, 0.15) is 0 Å². The van der Waals surface area contributed by atoms with Crippen LogP contribution in [-0.2, 0) is 0 Å². The molecule has 0 bridgehead atoms. The molecule has 0 fully saturated rings. The van der Waals surface area contributed by atoms with Crippen molar-refractivity contribution in [2.24, 2.45) is 0 Å². The Morgan fingerprint density at radius 1 is 0.647 bits per heavy atom. The molecule has 102 valence electrons. The number of halogens is 11. The van der Waals surface area contributed by atoms with Gasteiger partial charge in [0.25, 0.3) is 0 Å². The van der Waals surface area contributed by atoms with E-state index in [4.69, 9.17) is 0 Å². The summed E-state index contributed by atoms with van der Waals surface area (Å²) in [6, 6.07) is 0. The van der Waals surface area contributed by atoms with Gasteiger partial charge in [0.1, 0.15) is 0 Å². The summed E-state index contributed by atoms with van der Waals surface area (Å²) >= 11 is 0. The minimum atomic E-state index is -6.91. The molecule has 0 aliphatic carbocycles. The molecule has 0 N–H and O–H groups in total. The molecule has 0 aliphatic rings. The Morgan fingerprint density at radius 3 is 1.12 bits per heavy atom. The minimum Gasteiger partial charge on any atom is -0.215 e. The molecule has 0 atom stereocenters. The molecular formula is C6HF11. The van der Waals surface area contributed by atoms with Crippen molar-refractivity contribution < 1.29 is 48.3 Å². The van der Waals surface area contributed by atoms with Gasteiger partial charge in [-0.15, -0.1) is 0 Å². The topological polar surface area (TPSA) is 0 Å². The van der Waals surface area contributed by atoms with Gasteiger partial charge >= 0.3 is 24.2 Å². The van der Waals surface area contributed by atoms with Gasteiger partial charge in [0.05, 0.1) is 6.08 Å². The number of hydrogen-bond acceptors (Lipinski definition) is 0. The molecular weight excluding hydrogens is 281 g/mol. The van der Waals surface area contributed by atoms with Crippen LogP contribution in [0.15, 0.2) is 11.9 Å². The van der Waals surface area contributed by atoms with Gasteiger partial charge in [-0.05, 0) is 0 Å². The monoisotopic (exact) mass is 282 g/mol. The Bertz CT molecular complexity index is 285. The lowest BCUT2D eigenvalue weighted by atomic mass is 10.0. The zero-order valence-electron chi connectivity index (χ0n) is 7.23. The van der Waals surface area contributed by atoms with Crippen molar-refractivity contribution in [1.29, 1.82) is 0 Å². The molecule has 0 rings (SSSR count). The lowest BCUT2D eigenvalue weighted by molar-refractivity contribution is -0.331. The van der Waals surface area contributed by atoms with Crippen molar-refractivity contribution >= 4 is 0 Å². The molecule has 0 spiro atoms. The third-order valence-electron chi connectivity index (χ3n) is 1.40. The average molecular weight is 282 g/mol. The Labute approximate surface area is 85.7 Å². The average Bonchev–Trinajstić information content (AvgIpc) is 1.94. The summed E-state index contributed by atoms with van der Waals surface area (Å²) in [7, 11) is 0. The second-order valence-corrected chi connectivity index (χ2v) is 2.69. The number of allylic oxidation sites excluding steroid dienone is 2. The molecule has 0 heterocycles. The molecule has 0 amide bonds. The fourth-order valence-corrected chi connectivity index (χ4v) is 0.675. The standard InChI is InChI=1S/C6HF11/c7-2(1-3(8,9)10)4(11,5(12,13)14)6(15,16)17/h1H/b2-1+. The first kappa shape index (κ1) is 16.0. The minimum absolute atomic E-state index is 2.03. The first-order valence-electron chi connectivity index (χ1n) is 3.41. The van der Waals surface area contributed by atoms with Crippen LogP contribution in [0.4, 0.5) is 48.3 Å². The van der Waals surface area contributed by atoms with E-state index in [0.717, 1.165) is 0 Å². The summed E-state index contributed by atoms with van der Waals surface area (Å²) in [6.45, 7) is 0. The van der Waals surface area contributed by atoms with Crippen LogP contribution in [0.25, 0.3) is 0 Å². The van der Waals surface area contributed by atoms with Crippen molar-refractivity contribution in [3.05, 3.63) is 11.9 Å². The Morgan fingerprint density at radius 2 is 0.941 bits per heavy atom. The third-order valence-corrected chi connectivity index (χ3v) is 1.40. The lowest BCUT2D eigenvalue weighted by Gasteiger charge is -2.28. The molecule has 0 aromatic rings. The van der Waals surface area contributed by atoms with Gasteiger partial charge in [0, 0.05) is 0 Å².